The molecular weight excluding hydrogens is 310 g/mol. The van der Waals surface area contributed by atoms with Crippen LogP contribution in [-0.4, -0.2) is 17.2 Å². The fourth-order valence-corrected chi connectivity index (χ4v) is 1.68. The number of carbonyl (C=O) groups is 1. The minimum atomic E-state index is -3.27. The van der Waals surface area contributed by atoms with E-state index in [0.29, 0.717) is 10.0 Å². The maximum Gasteiger partial charge on any atom is 0.400 e. The summed E-state index contributed by atoms with van der Waals surface area (Å²) >= 11 is 3.09. The molecule has 0 unspecified atom stereocenters. The van der Waals surface area contributed by atoms with Crippen molar-refractivity contribution in [2.45, 2.75) is 26.4 Å². The lowest BCUT2D eigenvalue weighted by molar-refractivity contribution is -0.207. The second-order valence-electron chi connectivity index (χ2n) is 4.15. The van der Waals surface area contributed by atoms with Gasteiger partial charge in [0.25, 0.3) is 0 Å². The van der Waals surface area contributed by atoms with Crippen molar-refractivity contribution in [3.05, 3.63) is 28.2 Å². The van der Waals surface area contributed by atoms with Crippen LogP contribution in [0.4, 0.5) is 8.78 Å². The first-order valence-electron chi connectivity index (χ1n) is 5.29. The molecule has 3 nitrogen and oxygen atoms in total. The van der Waals surface area contributed by atoms with Crippen molar-refractivity contribution in [1.82, 2.24) is 0 Å². The Morgan fingerprint density at radius 3 is 2.56 bits per heavy atom. The Hall–Kier alpha value is -1.17. The van der Waals surface area contributed by atoms with Gasteiger partial charge in [0.1, 0.15) is 5.75 Å². The Labute approximate surface area is 112 Å². The maximum atomic E-state index is 13.4. The van der Waals surface area contributed by atoms with Gasteiger partial charge in [-0.1, -0.05) is 19.9 Å². The SMILES string of the molecule is CC(C)C(F)(F)Oc1ccc(CC(=O)O)cc1Br. The van der Waals surface area contributed by atoms with Crippen molar-refractivity contribution in [1.29, 1.82) is 0 Å². The van der Waals surface area contributed by atoms with Crippen molar-refractivity contribution < 1.29 is 23.4 Å². The standard InChI is InChI=1S/C12H13BrF2O3/c1-7(2)12(14,15)18-10-4-3-8(5-9(10)13)6-11(16)17/h3-5,7H,6H2,1-2H3,(H,16,17). The van der Waals surface area contributed by atoms with Crippen LogP contribution in [0, 0.1) is 5.92 Å². The number of hydrogen-bond donors (Lipinski definition) is 1. The zero-order chi connectivity index (χ0) is 13.9. The molecule has 0 aliphatic rings. The third kappa shape index (κ3) is 3.94. The Balaban J connectivity index is 2.89. The second kappa shape index (κ2) is 5.65. The number of alkyl halides is 2. The number of carboxylic acid groups (broad SMARTS) is 1. The van der Waals surface area contributed by atoms with Crippen LogP contribution < -0.4 is 4.74 Å². The molecule has 1 N–H and O–H groups in total. The molecule has 0 radical (unpaired) electrons. The highest BCUT2D eigenvalue weighted by molar-refractivity contribution is 9.10. The van der Waals surface area contributed by atoms with Gasteiger partial charge < -0.3 is 9.84 Å². The van der Waals surface area contributed by atoms with E-state index in [4.69, 9.17) is 5.11 Å². The average Bonchev–Trinajstić information content (AvgIpc) is 2.21. The zero-order valence-electron chi connectivity index (χ0n) is 9.91. The minimum Gasteiger partial charge on any atom is -0.481 e. The third-order valence-corrected chi connectivity index (χ3v) is 2.89. The molecule has 0 saturated carbocycles. The summed E-state index contributed by atoms with van der Waals surface area (Å²) in [5.41, 5.74) is 0.509. The summed E-state index contributed by atoms with van der Waals surface area (Å²) in [5.74, 6) is -1.95. The fourth-order valence-electron chi connectivity index (χ4n) is 1.18. The van der Waals surface area contributed by atoms with E-state index in [2.05, 4.69) is 20.7 Å². The van der Waals surface area contributed by atoms with Crippen molar-refractivity contribution >= 4 is 21.9 Å². The van der Waals surface area contributed by atoms with Gasteiger partial charge in [-0.05, 0) is 33.6 Å². The van der Waals surface area contributed by atoms with Crippen LogP contribution >= 0.6 is 15.9 Å². The van der Waals surface area contributed by atoms with Crippen molar-refractivity contribution in [2.24, 2.45) is 5.92 Å². The number of carboxylic acids is 1. The lowest BCUT2D eigenvalue weighted by Crippen LogP contribution is -2.31. The first-order valence-corrected chi connectivity index (χ1v) is 6.08. The summed E-state index contributed by atoms with van der Waals surface area (Å²) in [6, 6.07) is 4.24. The number of aliphatic carboxylic acids is 1. The average molecular weight is 323 g/mol. The van der Waals surface area contributed by atoms with Gasteiger partial charge in [0.2, 0.25) is 0 Å². The van der Waals surface area contributed by atoms with Crippen molar-refractivity contribution in [3.8, 4) is 5.75 Å². The van der Waals surface area contributed by atoms with Gasteiger partial charge in [0.15, 0.2) is 0 Å². The van der Waals surface area contributed by atoms with Gasteiger partial charge in [-0.25, -0.2) is 0 Å². The van der Waals surface area contributed by atoms with E-state index in [1.54, 1.807) is 0 Å². The molecule has 1 rings (SSSR count). The molecule has 0 saturated heterocycles. The quantitative estimate of drug-likeness (QED) is 0.899. The van der Waals surface area contributed by atoms with E-state index in [-0.39, 0.29) is 12.2 Å². The van der Waals surface area contributed by atoms with E-state index in [0.717, 1.165) is 0 Å². The minimum absolute atomic E-state index is 0.0113. The Bertz CT molecular complexity index is 447. The van der Waals surface area contributed by atoms with E-state index >= 15 is 0 Å². The smallest absolute Gasteiger partial charge is 0.400 e. The largest absolute Gasteiger partial charge is 0.481 e. The van der Waals surface area contributed by atoms with Gasteiger partial charge in [-0.2, -0.15) is 8.78 Å². The number of hydrogen-bond acceptors (Lipinski definition) is 2. The Morgan fingerprint density at radius 2 is 2.11 bits per heavy atom. The topological polar surface area (TPSA) is 46.5 Å². The molecule has 100 valence electrons. The molecule has 0 heterocycles. The molecular formula is C12H13BrF2O3. The summed E-state index contributed by atoms with van der Waals surface area (Å²) in [6.07, 6.45) is -3.43. The van der Waals surface area contributed by atoms with Crippen LogP contribution in [0.25, 0.3) is 0 Å². The third-order valence-electron chi connectivity index (χ3n) is 2.27. The zero-order valence-corrected chi connectivity index (χ0v) is 11.5. The highest BCUT2D eigenvalue weighted by Gasteiger charge is 2.36. The van der Waals surface area contributed by atoms with Gasteiger partial charge in [-0.15, -0.1) is 0 Å². The highest BCUT2D eigenvalue weighted by Crippen LogP contribution is 2.33. The summed E-state index contributed by atoms with van der Waals surface area (Å²) < 4.78 is 31.7. The van der Waals surface area contributed by atoms with Crippen LogP contribution in [0.1, 0.15) is 19.4 Å². The molecule has 18 heavy (non-hydrogen) atoms. The van der Waals surface area contributed by atoms with Crippen molar-refractivity contribution in [2.75, 3.05) is 0 Å². The first-order chi connectivity index (χ1) is 8.22. The molecule has 0 spiro atoms. The molecule has 1 aromatic carbocycles. The number of benzene rings is 1. The van der Waals surface area contributed by atoms with E-state index in [9.17, 15) is 13.6 Å². The lowest BCUT2D eigenvalue weighted by atomic mass is 10.1. The summed E-state index contributed by atoms with van der Waals surface area (Å²) in [7, 11) is 0. The maximum absolute atomic E-state index is 13.4. The van der Waals surface area contributed by atoms with E-state index in [1.165, 1.54) is 32.0 Å². The monoisotopic (exact) mass is 322 g/mol. The first kappa shape index (κ1) is 14.9. The van der Waals surface area contributed by atoms with Crippen LogP contribution in [0.5, 0.6) is 5.75 Å². The molecule has 0 aliphatic carbocycles. The van der Waals surface area contributed by atoms with Gasteiger partial charge in [0, 0.05) is 0 Å². The Kier molecular flexibility index (Phi) is 4.67. The Morgan fingerprint density at radius 1 is 1.50 bits per heavy atom. The van der Waals surface area contributed by atoms with E-state index in [1.807, 2.05) is 0 Å². The number of halogens is 3. The predicted octanol–water partition coefficient (Wildman–Crippen LogP) is 3.70. The van der Waals surface area contributed by atoms with Crippen LogP contribution in [-0.2, 0) is 11.2 Å². The van der Waals surface area contributed by atoms with Crippen LogP contribution in [0.2, 0.25) is 0 Å². The molecule has 0 aromatic heterocycles. The molecule has 0 amide bonds. The predicted molar refractivity (Wildman–Crippen MR) is 65.9 cm³/mol. The van der Waals surface area contributed by atoms with Gasteiger partial charge >= 0.3 is 12.1 Å². The molecule has 0 aliphatic heterocycles. The van der Waals surface area contributed by atoms with Crippen LogP contribution in [0.3, 0.4) is 0 Å². The van der Waals surface area contributed by atoms with Crippen LogP contribution in [0.15, 0.2) is 22.7 Å². The number of ether oxygens (including phenoxy) is 1. The lowest BCUT2D eigenvalue weighted by Gasteiger charge is -2.22. The molecule has 1 aromatic rings. The van der Waals surface area contributed by atoms with Crippen molar-refractivity contribution in [3.63, 3.8) is 0 Å². The normalized spacial score (nSPS) is 11.7. The fraction of sp³-hybridized carbons (Fsp3) is 0.417. The number of rotatable bonds is 5. The highest BCUT2D eigenvalue weighted by atomic mass is 79.9. The summed E-state index contributed by atoms with van der Waals surface area (Å²) in [5, 5.41) is 8.62. The molecule has 6 heteroatoms. The van der Waals surface area contributed by atoms with Gasteiger partial charge in [-0.3, -0.25) is 4.79 Å². The molecule has 0 fully saturated rings. The van der Waals surface area contributed by atoms with Gasteiger partial charge in [0.05, 0.1) is 16.8 Å². The van der Waals surface area contributed by atoms with E-state index < -0.39 is 18.0 Å². The molecule has 0 atom stereocenters. The summed E-state index contributed by atoms with van der Waals surface area (Å²) in [4.78, 5) is 10.5. The summed E-state index contributed by atoms with van der Waals surface area (Å²) in [6.45, 7) is 2.71. The second-order valence-corrected chi connectivity index (χ2v) is 5.01. The molecule has 0 bridgehead atoms.